The van der Waals surface area contributed by atoms with Crippen LogP contribution in [0.1, 0.15) is 46.6 Å². The zero-order valence-corrected chi connectivity index (χ0v) is 13.6. The smallest absolute Gasteiger partial charge is 0.0665 e. The van der Waals surface area contributed by atoms with Crippen LogP contribution in [0.25, 0.3) is 0 Å². The molecule has 2 rings (SSSR count). The maximum absolute atomic E-state index is 6.03. The predicted octanol–water partition coefficient (Wildman–Crippen LogP) is 4.50. The van der Waals surface area contributed by atoms with Gasteiger partial charge in [0, 0.05) is 23.8 Å². The lowest BCUT2D eigenvalue weighted by molar-refractivity contribution is -0.108. The maximum atomic E-state index is 6.03. The van der Waals surface area contributed by atoms with Crippen LogP contribution in [-0.2, 0) is 11.2 Å². The molecular formula is C18H29NO. The number of rotatable bonds is 6. The molecule has 0 radical (unpaired) electrons. The van der Waals surface area contributed by atoms with Gasteiger partial charge in [-0.25, -0.2) is 0 Å². The average Bonchev–Trinajstić information content (AvgIpc) is 2.42. The largest absolute Gasteiger partial charge is 0.382 e. The monoisotopic (exact) mass is 275 g/mol. The Labute approximate surface area is 123 Å². The van der Waals surface area contributed by atoms with E-state index in [1.54, 1.807) is 0 Å². The van der Waals surface area contributed by atoms with Gasteiger partial charge in [-0.1, -0.05) is 46.8 Å². The highest BCUT2D eigenvalue weighted by Gasteiger charge is 2.49. The molecule has 2 heteroatoms. The first-order chi connectivity index (χ1) is 9.43. The summed E-state index contributed by atoms with van der Waals surface area (Å²) in [6.07, 6.45) is 2.58. The Kier molecular flexibility index (Phi) is 4.74. The third-order valence-corrected chi connectivity index (χ3v) is 4.48. The second kappa shape index (κ2) is 6.17. The Bertz CT molecular complexity index is 439. The topological polar surface area (TPSA) is 21.3 Å². The highest BCUT2D eigenvalue weighted by Crippen LogP contribution is 2.44. The SMILES string of the molecule is CCc1cccc(NC2CC(OCC(C)C)C2(C)C)c1. The molecule has 0 aromatic heterocycles. The normalized spacial score (nSPS) is 24.5. The fraction of sp³-hybridized carbons (Fsp3) is 0.667. The fourth-order valence-electron chi connectivity index (χ4n) is 2.80. The van der Waals surface area contributed by atoms with Crippen molar-refractivity contribution in [3.8, 4) is 0 Å². The summed E-state index contributed by atoms with van der Waals surface area (Å²) in [6, 6.07) is 9.26. The van der Waals surface area contributed by atoms with E-state index < -0.39 is 0 Å². The van der Waals surface area contributed by atoms with Crippen LogP contribution in [0, 0.1) is 11.3 Å². The molecular weight excluding hydrogens is 246 g/mol. The van der Waals surface area contributed by atoms with Crippen LogP contribution in [0.5, 0.6) is 0 Å². The van der Waals surface area contributed by atoms with E-state index in [0.29, 0.717) is 18.1 Å². The van der Waals surface area contributed by atoms with E-state index in [1.807, 2.05) is 0 Å². The second-order valence-corrected chi connectivity index (χ2v) is 7.02. The molecule has 0 aliphatic heterocycles. The average molecular weight is 275 g/mol. The van der Waals surface area contributed by atoms with Crippen molar-refractivity contribution < 1.29 is 4.74 Å². The van der Waals surface area contributed by atoms with Gasteiger partial charge in [-0.15, -0.1) is 0 Å². The van der Waals surface area contributed by atoms with Crippen molar-refractivity contribution in [3.63, 3.8) is 0 Å². The van der Waals surface area contributed by atoms with Crippen LogP contribution < -0.4 is 5.32 Å². The van der Waals surface area contributed by atoms with Gasteiger partial charge < -0.3 is 10.1 Å². The van der Waals surface area contributed by atoms with Crippen LogP contribution in [0.4, 0.5) is 5.69 Å². The molecule has 0 bridgehead atoms. The number of anilines is 1. The minimum atomic E-state index is 0.205. The molecule has 112 valence electrons. The van der Waals surface area contributed by atoms with Crippen molar-refractivity contribution in [2.45, 2.75) is 59.6 Å². The summed E-state index contributed by atoms with van der Waals surface area (Å²) in [5, 5.41) is 3.68. The standard InChI is InChI=1S/C18H29NO/c1-6-14-8-7-9-15(10-14)19-16-11-17(18(16,4)5)20-12-13(2)3/h7-10,13,16-17,19H,6,11-12H2,1-5H3. The first-order valence-electron chi connectivity index (χ1n) is 7.90. The van der Waals surface area contributed by atoms with Gasteiger partial charge in [0.1, 0.15) is 0 Å². The van der Waals surface area contributed by atoms with E-state index in [4.69, 9.17) is 4.74 Å². The summed E-state index contributed by atoms with van der Waals surface area (Å²) in [7, 11) is 0. The van der Waals surface area contributed by atoms with Gasteiger partial charge in [0.25, 0.3) is 0 Å². The summed E-state index contributed by atoms with van der Waals surface area (Å²) in [4.78, 5) is 0. The third-order valence-electron chi connectivity index (χ3n) is 4.48. The van der Waals surface area contributed by atoms with Crippen LogP contribution in [0.15, 0.2) is 24.3 Å². The number of ether oxygens (including phenoxy) is 1. The zero-order chi connectivity index (χ0) is 14.8. The lowest BCUT2D eigenvalue weighted by atomic mass is 9.64. The van der Waals surface area contributed by atoms with E-state index in [1.165, 1.54) is 11.3 Å². The van der Waals surface area contributed by atoms with Gasteiger partial charge >= 0.3 is 0 Å². The molecule has 0 saturated heterocycles. The number of hydrogen-bond acceptors (Lipinski definition) is 2. The third kappa shape index (κ3) is 3.35. The minimum Gasteiger partial charge on any atom is -0.382 e. The van der Waals surface area contributed by atoms with Crippen molar-refractivity contribution in [2.75, 3.05) is 11.9 Å². The van der Waals surface area contributed by atoms with Crippen molar-refractivity contribution in [3.05, 3.63) is 29.8 Å². The molecule has 1 aliphatic rings. The van der Waals surface area contributed by atoms with Gasteiger partial charge in [-0.2, -0.15) is 0 Å². The number of aryl methyl sites for hydroxylation is 1. The summed E-state index contributed by atoms with van der Waals surface area (Å²) >= 11 is 0. The van der Waals surface area contributed by atoms with Crippen molar-refractivity contribution in [1.29, 1.82) is 0 Å². The molecule has 1 saturated carbocycles. The predicted molar refractivity (Wildman–Crippen MR) is 86.2 cm³/mol. The molecule has 0 heterocycles. The Balaban J connectivity index is 1.92. The van der Waals surface area contributed by atoms with Crippen LogP contribution >= 0.6 is 0 Å². The Morgan fingerprint density at radius 2 is 2.10 bits per heavy atom. The summed E-state index contributed by atoms with van der Waals surface area (Å²) in [5.41, 5.74) is 2.83. The first kappa shape index (κ1) is 15.4. The van der Waals surface area contributed by atoms with E-state index in [9.17, 15) is 0 Å². The molecule has 1 aromatic rings. The van der Waals surface area contributed by atoms with Gasteiger partial charge in [0.15, 0.2) is 0 Å². The summed E-state index contributed by atoms with van der Waals surface area (Å²) in [5.74, 6) is 0.610. The Morgan fingerprint density at radius 1 is 1.35 bits per heavy atom. The minimum absolute atomic E-state index is 0.205. The molecule has 1 aromatic carbocycles. The van der Waals surface area contributed by atoms with E-state index >= 15 is 0 Å². The Morgan fingerprint density at radius 3 is 2.70 bits per heavy atom. The molecule has 1 fully saturated rings. The molecule has 2 nitrogen and oxygen atoms in total. The molecule has 0 spiro atoms. The lowest BCUT2D eigenvalue weighted by Crippen LogP contribution is -2.58. The summed E-state index contributed by atoms with van der Waals surface area (Å²) in [6.45, 7) is 12.1. The van der Waals surface area contributed by atoms with Crippen LogP contribution in [0.3, 0.4) is 0 Å². The van der Waals surface area contributed by atoms with Crippen molar-refractivity contribution >= 4 is 5.69 Å². The highest BCUT2D eigenvalue weighted by molar-refractivity contribution is 5.47. The zero-order valence-electron chi connectivity index (χ0n) is 13.6. The van der Waals surface area contributed by atoms with E-state index in [-0.39, 0.29) is 5.41 Å². The molecule has 20 heavy (non-hydrogen) atoms. The van der Waals surface area contributed by atoms with Gasteiger partial charge in [0.05, 0.1) is 6.10 Å². The summed E-state index contributed by atoms with van der Waals surface area (Å²) < 4.78 is 6.03. The number of hydrogen-bond donors (Lipinski definition) is 1. The molecule has 2 atom stereocenters. The maximum Gasteiger partial charge on any atom is 0.0665 e. The molecule has 1 aliphatic carbocycles. The Hall–Kier alpha value is -1.02. The van der Waals surface area contributed by atoms with Gasteiger partial charge in [-0.05, 0) is 36.5 Å². The van der Waals surface area contributed by atoms with E-state index in [0.717, 1.165) is 19.4 Å². The van der Waals surface area contributed by atoms with Crippen LogP contribution in [0.2, 0.25) is 0 Å². The lowest BCUT2D eigenvalue weighted by Gasteiger charge is -2.52. The second-order valence-electron chi connectivity index (χ2n) is 7.02. The van der Waals surface area contributed by atoms with E-state index in [2.05, 4.69) is 64.2 Å². The molecule has 0 amide bonds. The van der Waals surface area contributed by atoms with Crippen molar-refractivity contribution in [2.24, 2.45) is 11.3 Å². The first-order valence-corrected chi connectivity index (χ1v) is 7.90. The fourth-order valence-corrected chi connectivity index (χ4v) is 2.80. The van der Waals surface area contributed by atoms with Gasteiger partial charge in [-0.3, -0.25) is 0 Å². The molecule has 2 unspecified atom stereocenters. The molecule has 1 N–H and O–H groups in total. The quantitative estimate of drug-likeness (QED) is 0.825. The number of benzene rings is 1. The van der Waals surface area contributed by atoms with Crippen molar-refractivity contribution in [1.82, 2.24) is 0 Å². The highest BCUT2D eigenvalue weighted by atomic mass is 16.5. The van der Waals surface area contributed by atoms with Crippen LogP contribution in [-0.4, -0.2) is 18.8 Å². The number of nitrogens with one attached hydrogen (secondary N) is 1. The van der Waals surface area contributed by atoms with Gasteiger partial charge in [0.2, 0.25) is 0 Å².